The molecule has 264 valence electrons. The fraction of sp³-hybridized carbons (Fsp3) is 0.432. The van der Waals surface area contributed by atoms with Gasteiger partial charge in [0.2, 0.25) is 11.8 Å². The molecule has 0 radical (unpaired) electrons. The Kier molecular flexibility index (Phi) is 9.82. The predicted octanol–water partition coefficient (Wildman–Crippen LogP) is 5.95. The van der Waals surface area contributed by atoms with Crippen molar-refractivity contribution in [1.82, 2.24) is 24.8 Å². The molecule has 1 amide bonds. The normalized spacial score (nSPS) is 20.7. The Morgan fingerprint density at radius 2 is 1.66 bits per heavy atom. The van der Waals surface area contributed by atoms with Gasteiger partial charge in [0.25, 0.3) is 15.9 Å². The van der Waals surface area contributed by atoms with E-state index in [1.807, 2.05) is 52.8 Å². The molecule has 0 unspecified atom stereocenters. The molecule has 13 heteroatoms. The SMILES string of the molecule is Cc1cccc(C)c1-c1cc2nc(n1)NS(=O)(=O)c1cccc(c1)C(=O)N(Cc1cncc(N3[C@H](C)CC[C@@H]3C)n1)[C@H](COC(C)(C)C)CO2. The lowest BCUT2D eigenvalue weighted by molar-refractivity contribution is -0.0411. The first kappa shape index (κ1) is 35.2. The number of rotatable bonds is 6. The van der Waals surface area contributed by atoms with E-state index in [-0.39, 0.29) is 42.0 Å². The quantitative estimate of drug-likeness (QED) is 0.257. The molecular weight excluding hydrogens is 655 g/mol. The fourth-order valence-corrected chi connectivity index (χ4v) is 7.56. The van der Waals surface area contributed by atoms with Crippen LogP contribution in [-0.4, -0.2) is 76.1 Å². The van der Waals surface area contributed by atoms with E-state index < -0.39 is 27.6 Å². The first-order valence-corrected chi connectivity index (χ1v) is 18.4. The maximum Gasteiger partial charge on any atom is 0.264 e. The van der Waals surface area contributed by atoms with Gasteiger partial charge in [0.1, 0.15) is 12.4 Å². The molecule has 2 aliphatic rings. The van der Waals surface area contributed by atoms with Crippen molar-refractivity contribution >= 4 is 27.7 Å². The number of amides is 1. The van der Waals surface area contributed by atoms with E-state index in [9.17, 15) is 13.2 Å². The Morgan fingerprint density at radius 3 is 2.36 bits per heavy atom. The fourth-order valence-electron chi connectivity index (χ4n) is 6.57. The van der Waals surface area contributed by atoms with E-state index in [0.717, 1.165) is 35.3 Å². The summed E-state index contributed by atoms with van der Waals surface area (Å²) < 4.78 is 42.6. The van der Waals surface area contributed by atoms with E-state index in [1.54, 1.807) is 35.5 Å². The first-order chi connectivity index (χ1) is 23.7. The highest BCUT2D eigenvalue weighted by Crippen LogP contribution is 2.31. The molecule has 3 atom stereocenters. The van der Waals surface area contributed by atoms with Crippen LogP contribution in [0.1, 0.15) is 74.6 Å². The summed E-state index contributed by atoms with van der Waals surface area (Å²) in [5.41, 5.74) is 3.51. The second-order valence-electron chi connectivity index (χ2n) is 14.2. The molecule has 2 aromatic carbocycles. The number of benzene rings is 2. The largest absolute Gasteiger partial charge is 0.475 e. The third-order valence-corrected chi connectivity index (χ3v) is 10.4. The summed E-state index contributed by atoms with van der Waals surface area (Å²) in [5, 5.41) is 0. The summed E-state index contributed by atoms with van der Waals surface area (Å²) in [7, 11) is -4.20. The summed E-state index contributed by atoms with van der Waals surface area (Å²) in [6, 6.07) is 13.5. The molecular formula is C37H45N7O5S. The van der Waals surface area contributed by atoms with Gasteiger partial charge in [-0.05, 0) is 90.6 Å². The number of anilines is 2. The van der Waals surface area contributed by atoms with Gasteiger partial charge in [-0.25, -0.2) is 23.1 Å². The summed E-state index contributed by atoms with van der Waals surface area (Å²) in [6.07, 6.45) is 5.54. The Labute approximate surface area is 294 Å². The molecule has 4 heterocycles. The van der Waals surface area contributed by atoms with E-state index in [1.165, 1.54) is 12.1 Å². The smallest absolute Gasteiger partial charge is 0.264 e. The summed E-state index contributed by atoms with van der Waals surface area (Å²) in [5.74, 6) is 0.349. The van der Waals surface area contributed by atoms with Crippen molar-refractivity contribution in [3.8, 4) is 17.1 Å². The second kappa shape index (κ2) is 13.9. The van der Waals surface area contributed by atoms with Gasteiger partial charge >= 0.3 is 0 Å². The van der Waals surface area contributed by atoms with Crippen LogP contribution in [0.5, 0.6) is 5.88 Å². The van der Waals surface area contributed by atoms with Gasteiger partial charge in [-0.15, -0.1) is 0 Å². The van der Waals surface area contributed by atoms with Crippen LogP contribution in [0.4, 0.5) is 11.8 Å². The van der Waals surface area contributed by atoms with Gasteiger partial charge in [-0.3, -0.25) is 9.78 Å². The van der Waals surface area contributed by atoms with E-state index in [2.05, 4.69) is 38.4 Å². The monoisotopic (exact) mass is 699 g/mol. The molecule has 1 saturated heterocycles. The maximum absolute atomic E-state index is 14.5. The van der Waals surface area contributed by atoms with Gasteiger partial charge in [0.15, 0.2) is 0 Å². The number of nitrogens with one attached hydrogen (secondary N) is 1. The number of ether oxygens (including phenoxy) is 2. The van der Waals surface area contributed by atoms with E-state index in [0.29, 0.717) is 23.5 Å². The number of aryl methyl sites for hydroxylation is 2. The van der Waals surface area contributed by atoms with Gasteiger partial charge in [-0.2, -0.15) is 4.98 Å². The predicted molar refractivity (Wildman–Crippen MR) is 192 cm³/mol. The van der Waals surface area contributed by atoms with Crippen molar-refractivity contribution in [2.75, 3.05) is 22.8 Å². The second-order valence-corrected chi connectivity index (χ2v) is 15.9. The minimum absolute atomic E-state index is 0.00970. The Bertz CT molecular complexity index is 1970. The molecule has 2 aliphatic heterocycles. The average molecular weight is 700 g/mol. The lowest BCUT2D eigenvalue weighted by Crippen LogP contribution is -2.47. The van der Waals surface area contributed by atoms with Crippen LogP contribution < -0.4 is 14.4 Å². The number of nitrogens with zero attached hydrogens (tertiary/aromatic N) is 6. The highest BCUT2D eigenvalue weighted by Gasteiger charge is 2.32. The molecule has 6 rings (SSSR count). The molecule has 12 nitrogen and oxygen atoms in total. The van der Waals surface area contributed by atoms with Crippen LogP contribution in [0, 0.1) is 13.8 Å². The molecule has 1 fully saturated rings. The van der Waals surface area contributed by atoms with Gasteiger partial charge in [0.05, 0.1) is 53.5 Å². The highest BCUT2D eigenvalue weighted by atomic mass is 32.2. The van der Waals surface area contributed by atoms with Crippen LogP contribution in [-0.2, 0) is 21.3 Å². The highest BCUT2D eigenvalue weighted by molar-refractivity contribution is 7.92. The van der Waals surface area contributed by atoms with Gasteiger partial charge in [0, 0.05) is 29.3 Å². The lowest BCUT2D eigenvalue weighted by atomic mass is 10.00. The number of hydrogen-bond donors (Lipinski definition) is 1. The molecule has 0 saturated carbocycles. The van der Waals surface area contributed by atoms with E-state index in [4.69, 9.17) is 14.5 Å². The molecule has 4 bridgehead atoms. The van der Waals surface area contributed by atoms with Crippen molar-refractivity contribution < 1.29 is 22.7 Å². The lowest BCUT2D eigenvalue weighted by Gasteiger charge is -2.34. The van der Waals surface area contributed by atoms with Crippen LogP contribution in [0.25, 0.3) is 11.3 Å². The maximum atomic E-state index is 14.5. The molecule has 4 aromatic rings. The number of hydrogen-bond acceptors (Lipinski definition) is 10. The van der Waals surface area contributed by atoms with Crippen LogP contribution in [0.2, 0.25) is 0 Å². The van der Waals surface area contributed by atoms with E-state index >= 15 is 0 Å². The zero-order valence-electron chi connectivity index (χ0n) is 29.7. The van der Waals surface area contributed by atoms with Crippen LogP contribution in [0.3, 0.4) is 0 Å². The molecule has 1 N–H and O–H groups in total. The third kappa shape index (κ3) is 7.73. The Balaban J connectivity index is 1.46. The molecule has 0 spiro atoms. The molecule has 0 aliphatic carbocycles. The number of sulfonamides is 1. The minimum Gasteiger partial charge on any atom is -0.475 e. The minimum atomic E-state index is -4.20. The van der Waals surface area contributed by atoms with Gasteiger partial charge in [-0.1, -0.05) is 24.3 Å². The number of carbonyl (C=O) groups is 1. The number of aromatic nitrogens is 4. The zero-order valence-corrected chi connectivity index (χ0v) is 30.5. The zero-order chi connectivity index (χ0) is 35.8. The summed E-state index contributed by atoms with van der Waals surface area (Å²) >= 11 is 0. The number of fused-ring (bicyclic) bond motifs is 4. The molecule has 2 aromatic heterocycles. The Hall–Kier alpha value is -4.62. The first-order valence-electron chi connectivity index (χ1n) is 16.9. The Morgan fingerprint density at radius 1 is 0.960 bits per heavy atom. The molecule has 50 heavy (non-hydrogen) atoms. The van der Waals surface area contributed by atoms with Crippen molar-refractivity contribution in [1.29, 1.82) is 0 Å². The topological polar surface area (TPSA) is 140 Å². The van der Waals surface area contributed by atoms with Crippen LogP contribution in [0.15, 0.2) is 65.8 Å². The van der Waals surface area contributed by atoms with Crippen molar-refractivity contribution in [2.45, 2.75) is 96.5 Å². The van der Waals surface area contributed by atoms with Crippen molar-refractivity contribution in [3.05, 3.63) is 83.3 Å². The average Bonchev–Trinajstić information content (AvgIpc) is 3.40. The van der Waals surface area contributed by atoms with Crippen molar-refractivity contribution in [2.24, 2.45) is 0 Å². The standard InChI is InChI=1S/C37H45N7O5S/c1-23-10-8-11-24(2)34(23)31-17-33-41-36(40-31)42-50(46,47)30-13-9-12-27(16-30)35(45)43(29(21-48-33)22-49-37(5,6)7)20-28-18-38-19-32(39-28)44-25(3)14-15-26(44)4/h8-13,16-19,25-26,29H,14-15,20-22H2,1-7H3,(H,40,41,42)/t25-,26+,29-/m0/s1. The number of carbonyl (C=O) groups excluding carboxylic acids is 1. The third-order valence-electron chi connectivity index (χ3n) is 9.11. The van der Waals surface area contributed by atoms with Crippen molar-refractivity contribution in [3.63, 3.8) is 0 Å². The van der Waals surface area contributed by atoms with Gasteiger partial charge < -0.3 is 19.3 Å². The summed E-state index contributed by atoms with van der Waals surface area (Å²) in [6.45, 7) is 14.3. The van der Waals surface area contributed by atoms with Crippen LogP contribution >= 0.6 is 0 Å². The summed E-state index contributed by atoms with van der Waals surface area (Å²) in [4.78, 5) is 36.9.